The van der Waals surface area contributed by atoms with Gasteiger partial charge in [0.1, 0.15) is 30.1 Å². The third kappa shape index (κ3) is 3.55. The van der Waals surface area contributed by atoms with Gasteiger partial charge in [0.2, 0.25) is 0 Å². The lowest BCUT2D eigenvalue weighted by atomic mass is 10.3. The molecule has 0 aromatic heterocycles. The summed E-state index contributed by atoms with van der Waals surface area (Å²) in [6.07, 6.45) is 0. The lowest BCUT2D eigenvalue weighted by molar-refractivity contribution is 0.413. The van der Waals surface area contributed by atoms with E-state index >= 15 is 0 Å². The predicted molar refractivity (Wildman–Crippen MR) is 105 cm³/mol. The fourth-order valence-corrected chi connectivity index (χ4v) is 3.88. The van der Waals surface area contributed by atoms with Crippen molar-refractivity contribution in [3.8, 4) is 17.2 Å². The maximum Gasteiger partial charge on any atom is 0.168 e. The van der Waals surface area contributed by atoms with E-state index in [1.165, 1.54) is 7.11 Å². The summed E-state index contributed by atoms with van der Waals surface area (Å²) in [5.74, 6) is -0.128. The van der Waals surface area contributed by atoms with Crippen molar-refractivity contribution in [2.75, 3.05) is 7.11 Å². The van der Waals surface area contributed by atoms with Crippen molar-refractivity contribution >= 4 is 104 Å². The third-order valence-corrected chi connectivity index (χ3v) is 6.64. The fourth-order valence-electron chi connectivity index (χ4n) is 1.64. The highest BCUT2D eigenvalue weighted by Crippen LogP contribution is 2.54. The number of benzene rings is 2. The summed E-state index contributed by atoms with van der Waals surface area (Å²) < 4.78 is 10.6. The second-order valence-corrected chi connectivity index (χ2v) is 7.52. The fraction of sp³-hybridized carbons (Fsp3) is 0.0769. The van der Waals surface area contributed by atoms with Gasteiger partial charge in [0.25, 0.3) is 0 Å². The van der Waals surface area contributed by atoms with Gasteiger partial charge in [-0.05, 0) is 0 Å². The van der Waals surface area contributed by atoms with E-state index < -0.39 is 0 Å². The zero-order valence-electron chi connectivity index (χ0n) is 11.2. The number of hydrogen-bond acceptors (Lipinski definition) is 2. The number of ether oxygens (including phenoxy) is 2. The SMILES string of the molecule is COc1c(Cl)c(Cl)c(Oc2c(Cl)c(Cl)c(Cl)c(Cl)c2Cl)c(Cl)c1Cl. The maximum atomic E-state index is 6.16. The first-order valence-electron chi connectivity index (χ1n) is 5.72. The normalized spacial score (nSPS) is 10.9. The molecule has 0 heterocycles. The Kier molecular flexibility index (Phi) is 7.09. The molecule has 11 heteroatoms. The van der Waals surface area contributed by atoms with E-state index in [0.717, 1.165) is 0 Å². The number of methoxy groups -OCH3 is 1. The molecule has 0 spiro atoms. The second kappa shape index (κ2) is 8.12. The molecule has 130 valence electrons. The summed E-state index contributed by atoms with van der Waals surface area (Å²) >= 11 is 54.6. The molecule has 0 N–H and O–H groups in total. The average Bonchev–Trinajstić information content (AvgIpc) is 2.56. The van der Waals surface area contributed by atoms with Crippen molar-refractivity contribution < 1.29 is 9.47 Å². The van der Waals surface area contributed by atoms with Crippen LogP contribution in [0.4, 0.5) is 0 Å². The van der Waals surface area contributed by atoms with Crippen molar-refractivity contribution in [2.45, 2.75) is 0 Å². The summed E-state index contributed by atoms with van der Waals surface area (Å²) in [6.45, 7) is 0. The van der Waals surface area contributed by atoms with Crippen LogP contribution in [0.15, 0.2) is 0 Å². The summed E-state index contributed by atoms with van der Waals surface area (Å²) in [6, 6.07) is 0. The quantitative estimate of drug-likeness (QED) is 0.303. The van der Waals surface area contributed by atoms with Crippen LogP contribution in [0, 0.1) is 0 Å². The standard InChI is InChI=1S/C13H3Cl9O2/c1-23-11-7(19)9(21)13(10(22)8(11)20)24-12-5(17)3(15)2(14)4(16)6(12)18/h1H3. The molecule has 0 radical (unpaired) electrons. The molecule has 0 aliphatic rings. The maximum absolute atomic E-state index is 6.16. The van der Waals surface area contributed by atoms with Gasteiger partial charge in [0.15, 0.2) is 17.2 Å². The molecule has 0 bridgehead atoms. The molecule has 0 saturated heterocycles. The molecule has 0 amide bonds. The molecule has 0 fully saturated rings. The van der Waals surface area contributed by atoms with Gasteiger partial charge in [0, 0.05) is 0 Å². The zero-order valence-corrected chi connectivity index (χ0v) is 18.0. The number of hydrogen-bond donors (Lipinski definition) is 0. The topological polar surface area (TPSA) is 18.5 Å². The van der Waals surface area contributed by atoms with Crippen LogP contribution < -0.4 is 9.47 Å². The molecular formula is C13H3Cl9O2. The Morgan fingerprint density at radius 3 is 1.00 bits per heavy atom. The molecule has 0 atom stereocenters. The van der Waals surface area contributed by atoms with Crippen molar-refractivity contribution in [3.05, 3.63) is 45.2 Å². The van der Waals surface area contributed by atoms with Crippen LogP contribution in [-0.2, 0) is 0 Å². The van der Waals surface area contributed by atoms with E-state index in [-0.39, 0.29) is 62.5 Å². The molecule has 24 heavy (non-hydrogen) atoms. The van der Waals surface area contributed by atoms with Gasteiger partial charge >= 0.3 is 0 Å². The Bertz CT molecular complexity index is 777. The van der Waals surface area contributed by atoms with Crippen LogP contribution in [0.2, 0.25) is 45.2 Å². The molecule has 0 unspecified atom stereocenters. The highest BCUT2D eigenvalue weighted by molar-refractivity contribution is 6.56. The van der Waals surface area contributed by atoms with Gasteiger partial charge < -0.3 is 9.47 Å². The van der Waals surface area contributed by atoms with Gasteiger partial charge in [-0.1, -0.05) is 104 Å². The zero-order chi connectivity index (χ0) is 18.3. The minimum Gasteiger partial charge on any atom is -0.494 e. The molecule has 0 aliphatic carbocycles. The summed E-state index contributed by atoms with van der Waals surface area (Å²) in [5.41, 5.74) is 0. The van der Waals surface area contributed by atoms with E-state index in [1.54, 1.807) is 0 Å². The van der Waals surface area contributed by atoms with Crippen molar-refractivity contribution in [2.24, 2.45) is 0 Å². The molecule has 2 aromatic carbocycles. The molecule has 2 aromatic rings. The monoisotopic (exact) mass is 506 g/mol. The van der Waals surface area contributed by atoms with E-state index in [9.17, 15) is 0 Å². The van der Waals surface area contributed by atoms with E-state index in [1.807, 2.05) is 0 Å². The first-order valence-corrected chi connectivity index (χ1v) is 9.12. The molecule has 2 rings (SSSR count). The predicted octanol–water partition coefficient (Wildman–Crippen LogP) is 9.37. The van der Waals surface area contributed by atoms with Crippen LogP contribution in [-0.4, -0.2) is 7.11 Å². The molecule has 2 nitrogen and oxygen atoms in total. The third-order valence-electron chi connectivity index (χ3n) is 2.76. The second-order valence-electron chi connectivity index (χ2n) is 4.12. The highest BCUT2D eigenvalue weighted by Gasteiger charge is 2.26. The van der Waals surface area contributed by atoms with Crippen molar-refractivity contribution in [1.29, 1.82) is 0 Å². The van der Waals surface area contributed by atoms with Crippen LogP contribution in [0.25, 0.3) is 0 Å². The minimum atomic E-state index is -0.112. The van der Waals surface area contributed by atoms with Gasteiger partial charge in [-0.2, -0.15) is 0 Å². The smallest absolute Gasteiger partial charge is 0.168 e. The van der Waals surface area contributed by atoms with E-state index in [0.29, 0.717) is 0 Å². The lowest BCUT2D eigenvalue weighted by Crippen LogP contribution is -1.95. The van der Waals surface area contributed by atoms with Gasteiger partial charge in [0.05, 0.1) is 22.2 Å². The van der Waals surface area contributed by atoms with Gasteiger partial charge in [-0.3, -0.25) is 0 Å². The first kappa shape index (κ1) is 21.0. The Labute approximate surface area is 182 Å². The minimum absolute atomic E-state index is 0.0121. The van der Waals surface area contributed by atoms with Crippen LogP contribution in [0.5, 0.6) is 17.2 Å². The summed E-state index contributed by atoms with van der Waals surface area (Å²) in [5, 5.41) is -0.485. The Morgan fingerprint density at radius 1 is 0.417 bits per heavy atom. The Balaban J connectivity index is 2.71. The van der Waals surface area contributed by atoms with Gasteiger partial charge in [-0.25, -0.2) is 0 Å². The molecule has 0 aliphatic heterocycles. The number of rotatable bonds is 3. The average molecular weight is 510 g/mol. The first-order chi connectivity index (χ1) is 11.1. The van der Waals surface area contributed by atoms with Crippen LogP contribution >= 0.6 is 104 Å². The highest BCUT2D eigenvalue weighted by atomic mass is 35.5. The summed E-state index contributed by atoms with van der Waals surface area (Å²) in [4.78, 5) is 0. The van der Waals surface area contributed by atoms with Crippen LogP contribution in [0.1, 0.15) is 0 Å². The van der Waals surface area contributed by atoms with E-state index in [2.05, 4.69) is 0 Å². The van der Waals surface area contributed by atoms with Crippen LogP contribution in [0.3, 0.4) is 0 Å². The Morgan fingerprint density at radius 2 is 0.667 bits per heavy atom. The molecular weight excluding hydrogens is 507 g/mol. The van der Waals surface area contributed by atoms with Crippen molar-refractivity contribution in [1.82, 2.24) is 0 Å². The summed E-state index contributed by atoms with van der Waals surface area (Å²) in [7, 11) is 1.35. The number of halogens is 9. The molecule has 0 saturated carbocycles. The van der Waals surface area contributed by atoms with Gasteiger partial charge in [-0.15, -0.1) is 0 Å². The van der Waals surface area contributed by atoms with Crippen molar-refractivity contribution in [3.63, 3.8) is 0 Å². The van der Waals surface area contributed by atoms with E-state index in [4.69, 9.17) is 114 Å². The Hall–Kier alpha value is 0.650. The largest absolute Gasteiger partial charge is 0.494 e. The lowest BCUT2D eigenvalue weighted by Gasteiger charge is -2.18.